The summed E-state index contributed by atoms with van der Waals surface area (Å²) in [5.74, 6) is -2.37. The van der Waals surface area contributed by atoms with Crippen LogP contribution in [0.15, 0.2) is 11.6 Å². The van der Waals surface area contributed by atoms with Gasteiger partial charge in [-0.25, -0.2) is 4.18 Å². The number of rotatable bonds is 9. The monoisotopic (exact) mass is 890 g/mol. The molecule has 4 saturated carbocycles. The van der Waals surface area contributed by atoms with Gasteiger partial charge in [0.15, 0.2) is 12.4 Å². The summed E-state index contributed by atoms with van der Waals surface area (Å²) in [6.07, 6.45) is -11.0. The van der Waals surface area contributed by atoms with Crippen molar-refractivity contribution in [2.24, 2.45) is 56.7 Å². The molecule has 0 spiro atoms. The van der Waals surface area contributed by atoms with Gasteiger partial charge in [0.25, 0.3) is 0 Å². The minimum absolute atomic E-state index is 0.0591. The quantitative estimate of drug-likeness (QED) is 0.0677. The molecule has 0 bridgehead atoms. The molecule has 0 aromatic carbocycles. The molecule has 0 aromatic heterocycles. The van der Waals surface area contributed by atoms with Gasteiger partial charge in [0.2, 0.25) is 6.29 Å². The predicted molar refractivity (Wildman–Crippen MR) is 210 cm³/mol. The Morgan fingerprint density at radius 3 is 2.02 bits per heavy atom. The highest BCUT2D eigenvalue weighted by molar-refractivity contribution is 7.80. The molecule has 5 aliphatic carbocycles. The average molecular weight is 891 g/mol. The summed E-state index contributed by atoms with van der Waals surface area (Å²) in [7, 11) is -5.13. The van der Waals surface area contributed by atoms with E-state index in [0.717, 1.165) is 0 Å². The molecular formula is C42H66O18S. The molecule has 0 radical (unpaired) electrons. The molecule has 0 aromatic rings. The first kappa shape index (κ1) is 47.1. The highest BCUT2D eigenvalue weighted by Crippen LogP contribution is 2.76. The van der Waals surface area contributed by atoms with Crippen molar-refractivity contribution in [3.05, 3.63) is 11.6 Å². The number of carboxylic acid groups (broad SMARTS) is 1. The number of esters is 1. The van der Waals surface area contributed by atoms with Crippen molar-refractivity contribution in [3.8, 4) is 0 Å². The van der Waals surface area contributed by atoms with E-state index in [1.54, 1.807) is 0 Å². The maximum absolute atomic E-state index is 14.7. The van der Waals surface area contributed by atoms with E-state index >= 15 is 0 Å². The number of allylic oxidation sites excluding steroid dienone is 1. The topological polar surface area (TPSA) is 296 Å². The average Bonchev–Trinajstić information content (AvgIpc) is 3.19. The van der Waals surface area contributed by atoms with Gasteiger partial charge in [-0.05, 0) is 104 Å². The van der Waals surface area contributed by atoms with Gasteiger partial charge in [-0.3, -0.25) is 14.1 Å². The van der Waals surface area contributed by atoms with Crippen molar-refractivity contribution in [1.82, 2.24) is 0 Å². The Morgan fingerprint density at radius 1 is 0.787 bits per heavy atom. The van der Waals surface area contributed by atoms with Crippen LogP contribution >= 0.6 is 0 Å². The summed E-state index contributed by atoms with van der Waals surface area (Å²) in [6, 6.07) is 0. The Kier molecular flexibility index (Phi) is 12.5. The zero-order valence-corrected chi connectivity index (χ0v) is 36.5. The van der Waals surface area contributed by atoms with E-state index in [1.807, 2.05) is 20.8 Å². The molecule has 2 saturated heterocycles. The highest BCUT2D eigenvalue weighted by atomic mass is 32.3. The zero-order valence-electron chi connectivity index (χ0n) is 35.7. The van der Waals surface area contributed by atoms with Crippen molar-refractivity contribution < 1.29 is 86.5 Å². The molecule has 2 aliphatic heterocycles. The van der Waals surface area contributed by atoms with Crippen LogP contribution in [0.3, 0.4) is 0 Å². The number of carboxylic acids is 1. The summed E-state index contributed by atoms with van der Waals surface area (Å²) in [5, 5.41) is 84.2. The number of aliphatic carboxylic acids is 1. The van der Waals surface area contributed by atoms with Gasteiger partial charge in [-0.15, -0.1) is 0 Å². The van der Waals surface area contributed by atoms with Crippen molar-refractivity contribution in [1.29, 1.82) is 0 Å². The van der Waals surface area contributed by atoms with Crippen LogP contribution in [0, 0.1) is 56.7 Å². The summed E-state index contributed by atoms with van der Waals surface area (Å²) in [4.78, 5) is 28.9. The molecule has 348 valence electrons. The smallest absolute Gasteiger partial charge is 0.397 e. The third-order valence-electron chi connectivity index (χ3n) is 17.6. The van der Waals surface area contributed by atoms with Crippen molar-refractivity contribution in [2.45, 2.75) is 167 Å². The van der Waals surface area contributed by atoms with Gasteiger partial charge < -0.3 is 59.8 Å². The maximum Gasteiger partial charge on any atom is 0.397 e. The van der Waals surface area contributed by atoms with E-state index in [9.17, 15) is 63.4 Å². The summed E-state index contributed by atoms with van der Waals surface area (Å²) in [6.45, 7) is 11.1. The van der Waals surface area contributed by atoms with Gasteiger partial charge >= 0.3 is 22.3 Å². The van der Waals surface area contributed by atoms with E-state index in [4.69, 9.17) is 23.1 Å². The Labute approximate surface area is 356 Å². The highest BCUT2D eigenvalue weighted by Gasteiger charge is 2.74. The number of carbonyl (C=O) groups excluding carboxylic acids is 1. The van der Waals surface area contributed by atoms with Gasteiger partial charge in [-0.2, -0.15) is 8.42 Å². The minimum Gasteiger partial charge on any atom is -0.481 e. The van der Waals surface area contributed by atoms with Crippen LogP contribution in [0.2, 0.25) is 0 Å². The van der Waals surface area contributed by atoms with Crippen molar-refractivity contribution in [3.63, 3.8) is 0 Å². The second-order valence-electron chi connectivity index (χ2n) is 20.5. The Bertz CT molecular complexity index is 1820. The lowest BCUT2D eigenvalue weighted by Crippen LogP contribution is -2.68. The van der Waals surface area contributed by atoms with E-state index in [1.165, 1.54) is 0 Å². The number of ether oxygens (including phenoxy) is 4. The van der Waals surface area contributed by atoms with Crippen LogP contribution in [-0.2, 0) is 43.1 Å². The standard InChI is InChI=1S/C42H66O18S/c1-19-9-14-41(37(52)59-34-32(49)30(47)28(45)22(17-43)56-34)15-16-42(36(50)51)21(27(41)20(19)2)7-8-25-39(5)12-11-26(38(3,4)24(39)10-13-40(25,42)6)58-35-33(60-61(53,54)55)31(48)29(46)23(18-44)57-35/h7,19-20,22-35,43-49H,8-18H2,1-6H3,(H,50,51)(H,53,54,55). The largest absolute Gasteiger partial charge is 0.481 e. The fourth-order valence-corrected chi connectivity index (χ4v) is 14.6. The first-order chi connectivity index (χ1) is 28.4. The number of aliphatic hydroxyl groups excluding tert-OH is 7. The molecule has 6 fully saturated rings. The van der Waals surface area contributed by atoms with Crippen LogP contribution in [0.25, 0.3) is 0 Å². The Balaban J connectivity index is 1.20. The number of fused-ring (bicyclic) bond motifs is 7. The zero-order chi connectivity index (χ0) is 45.0. The van der Waals surface area contributed by atoms with Crippen LogP contribution < -0.4 is 0 Å². The molecule has 7 aliphatic rings. The first-order valence-electron chi connectivity index (χ1n) is 21.8. The molecule has 20 atom stereocenters. The Hall–Kier alpha value is -1.85. The summed E-state index contributed by atoms with van der Waals surface area (Å²) >= 11 is 0. The second-order valence-corrected chi connectivity index (χ2v) is 21.5. The molecule has 7 rings (SSSR count). The van der Waals surface area contributed by atoms with Crippen LogP contribution in [0.4, 0.5) is 0 Å². The lowest BCUT2D eigenvalue weighted by atomic mass is 9.33. The second kappa shape index (κ2) is 16.2. The number of carbonyl (C=O) groups is 2. The van der Waals surface area contributed by atoms with Crippen molar-refractivity contribution in [2.75, 3.05) is 13.2 Å². The molecule has 19 heteroatoms. The number of aliphatic hydroxyl groups is 7. The summed E-state index contributed by atoms with van der Waals surface area (Å²) < 4.78 is 61.6. The van der Waals surface area contributed by atoms with E-state index in [-0.39, 0.29) is 36.5 Å². The lowest BCUT2D eigenvalue weighted by Gasteiger charge is -2.70. The van der Waals surface area contributed by atoms with E-state index < -0.39 is 136 Å². The van der Waals surface area contributed by atoms with Gasteiger partial charge in [-0.1, -0.05) is 53.2 Å². The van der Waals surface area contributed by atoms with Gasteiger partial charge in [0, 0.05) is 0 Å². The third kappa shape index (κ3) is 7.15. The van der Waals surface area contributed by atoms with Crippen LogP contribution in [-0.4, -0.2) is 146 Å². The lowest BCUT2D eigenvalue weighted by molar-refractivity contribution is -0.325. The molecule has 20 unspecified atom stereocenters. The molecule has 61 heavy (non-hydrogen) atoms. The minimum atomic E-state index is -5.13. The maximum atomic E-state index is 14.7. The van der Waals surface area contributed by atoms with Crippen LogP contribution in [0.5, 0.6) is 0 Å². The SMILES string of the molecule is CC1CCC2(C(=O)OC3OC(CO)C(O)C(O)C3O)CCC3(C(=O)O)C(=CCC4C5(C)CCC(OC6OC(CO)C(O)C(O)C6OS(=O)(=O)O)C(C)(C)C5CCC43C)C2C1C. The fraction of sp³-hybridized carbons (Fsp3) is 0.905. The normalized spacial score (nSPS) is 50.8. The Morgan fingerprint density at radius 2 is 1.41 bits per heavy atom. The first-order valence-corrected chi connectivity index (χ1v) is 23.1. The molecular weight excluding hydrogens is 825 g/mol. The fourth-order valence-electron chi connectivity index (χ4n) is 14.2. The van der Waals surface area contributed by atoms with E-state index in [0.29, 0.717) is 50.5 Å². The van der Waals surface area contributed by atoms with Gasteiger partial charge in [0.1, 0.15) is 42.7 Å². The van der Waals surface area contributed by atoms with Crippen LogP contribution in [0.1, 0.15) is 99.3 Å². The number of hydrogen-bond donors (Lipinski definition) is 9. The van der Waals surface area contributed by atoms with Crippen molar-refractivity contribution >= 4 is 22.3 Å². The van der Waals surface area contributed by atoms with Gasteiger partial charge in [0.05, 0.1) is 30.1 Å². The molecule has 9 N–H and O–H groups in total. The summed E-state index contributed by atoms with van der Waals surface area (Å²) in [5.41, 5.74) is -3.68. The number of hydrogen-bond acceptors (Lipinski definition) is 16. The van der Waals surface area contributed by atoms with E-state index in [2.05, 4.69) is 26.8 Å². The molecule has 0 amide bonds. The molecule has 2 heterocycles. The molecule has 18 nitrogen and oxygen atoms in total. The third-order valence-corrected chi connectivity index (χ3v) is 18.0. The predicted octanol–water partition coefficient (Wildman–Crippen LogP) is 1.06.